The van der Waals surface area contributed by atoms with Crippen molar-refractivity contribution in [2.75, 3.05) is 17.2 Å². The first kappa shape index (κ1) is 19.5. The topological polar surface area (TPSA) is 66.9 Å². The summed E-state index contributed by atoms with van der Waals surface area (Å²) in [4.78, 5) is 20.7. The molecule has 0 fully saturated rings. The fourth-order valence-corrected chi connectivity index (χ4v) is 2.76. The van der Waals surface area contributed by atoms with E-state index in [0.29, 0.717) is 23.2 Å². The third-order valence-electron chi connectivity index (χ3n) is 4.36. The quantitative estimate of drug-likeness (QED) is 0.506. The first-order valence-corrected chi connectivity index (χ1v) is 9.57. The molecule has 0 amide bonds. The largest absolute Gasteiger partial charge is 0.354 e. The standard InChI is InChI=1S/C23H26N4O/c1-16(2)13-14-24-23-26-21(19-7-5-4-6-8-19)15-22(27-23)25-20-11-9-18(10-12-20)17(3)28/h4-12,15-16H,13-14H2,1-3H3,(H2,24,25,26,27). The number of rotatable bonds is 8. The van der Waals surface area contributed by atoms with Crippen LogP contribution in [-0.4, -0.2) is 22.3 Å². The van der Waals surface area contributed by atoms with Gasteiger partial charge in [-0.15, -0.1) is 0 Å². The Labute approximate surface area is 166 Å². The number of benzene rings is 2. The van der Waals surface area contributed by atoms with E-state index < -0.39 is 0 Å². The van der Waals surface area contributed by atoms with E-state index in [1.165, 1.54) is 0 Å². The van der Waals surface area contributed by atoms with Crippen LogP contribution in [-0.2, 0) is 0 Å². The highest BCUT2D eigenvalue weighted by atomic mass is 16.1. The minimum atomic E-state index is 0.0524. The molecular weight excluding hydrogens is 348 g/mol. The van der Waals surface area contributed by atoms with Gasteiger partial charge in [0.2, 0.25) is 5.95 Å². The molecule has 0 saturated carbocycles. The predicted molar refractivity (Wildman–Crippen MR) is 115 cm³/mol. The first-order valence-electron chi connectivity index (χ1n) is 9.57. The molecule has 2 aromatic carbocycles. The molecule has 0 bridgehead atoms. The van der Waals surface area contributed by atoms with Gasteiger partial charge in [0.25, 0.3) is 0 Å². The molecule has 0 aliphatic carbocycles. The van der Waals surface area contributed by atoms with E-state index in [0.717, 1.165) is 29.9 Å². The van der Waals surface area contributed by atoms with Crippen LogP contribution in [0.5, 0.6) is 0 Å². The highest BCUT2D eigenvalue weighted by Crippen LogP contribution is 2.24. The smallest absolute Gasteiger partial charge is 0.225 e. The molecule has 0 radical (unpaired) electrons. The SMILES string of the molecule is CC(=O)c1ccc(Nc2cc(-c3ccccc3)nc(NCCC(C)C)n2)cc1. The monoisotopic (exact) mass is 374 g/mol. The van der Waals surface area contributed by atoms with Crippen molar-refractivity contribution in [3.8, 4) is 11.3 Å². The van der Waals surface area contributed by atoms with E-state index in [-0.39, 0.29) is 5.78 Å². The number of nitrogens with zero attached hydrogens (tertiary/aromatic N) is 2. The van der Waals surface area contributed by atoms with Gasteiger partial charge in [-0.25, -0.2) is 4.98 Å². The third kappa shape index (κ3) is 5.39. The Morgan fingerprint density at radius 3 is 2.36 bits per heavy atom. The Hall–Kier alpha value is -3.21. The van der Waals surface area contributed by atoms with Gasteiger partial charge < -0.3 is 10.6 Å². The Morgan fingerprint density at radius 2 is 1.71 bits per heavy atom. The summed E-state index contributed by atoms with van der Waals surface area (Å²) in [6, 6.07) is 19.4. The summed E-state index contributed by atoms with van der Waals surface area (Å²) in [6.07, 6.45) is 1.05. The van der Waals surface area contributed by atoms with Crippen molar-refractivity contribution in [3.05, 3.63) is 66.2 Å². The number of carbonyl (C=O) groups excluding carboxylic acids is 1. The maximum atomic E-state index is 11.5. The van der Waals surface area contributed by atoms with Crippen molar-refractivity contribution in [1.82, 2.24) is 9.97 Å². The van der Waals surface area contributed by atoms with E-state index in [1.54, 1.807) is 6.92 Å². The molecule has 5 nitrogen and oxygen atoms in total. The minimum Gasteiger partial charge on any atom is -0.354 e. The number of Topliss-reactive ketones (excluding diaryl/α,β-unsaturated/α-hetero) is 1. The van der Waals surface area contributed by atoms with E-state index in [4.69, 9.17) is 0 Å². The number of nitrogens with one attached hydrogen (secondary N) is 2. The molecule has 1 aromatic heterocycles. The highest BCUT2D eigenvalue weighted by molar-refractivity contribution is 5.94. The lowest BCUT2D eigenvalue weighted by atomic mass is 10.1. The zero-order valence-corrected chi connectivity index (χ0v) is 16.6. The third-order valence-corrected chi connectivity index (χ3v) is 4.36. The van der Waals surface area contributed by atoms with Crippen LogP contribution in [0.4, 0.5) is 17.5 Å². The van der Waals surface area contributed by atoms with Gasteiger partial charge in [-0.2, -0.15) is 4.98 Å². The summed E-state index contributed by atoms with van der Waals surface area (Å²) in [7, 11) is 0. The lowest BCUT2D eigenvalue weighted by molar-refractivity contribution is 0.101. The van der Waals surface area contributed by atoms with Crippen molar-refractivity contribution in [2.45, 2.75) is 27.2 Å². The molecule has 0 aliphatic rings. The number of carbonyl (C=O) groups is 1. The molecule has 3 rings (SSSR count). The second-order valence-corrected chi connectivity index (χ2v) is 7.20. The van der Waals surface area contributed by atoms with Crippen molar-refractivity contribution in [3.63, 3.8) is 0 Å². The number of ketones is 1. The van der Waals surface area contributed by atoms with Gasteiger partial charge in [0.15, 0.2) is 5.78 Å². The number of hydrogen-bond acceptors (Lipinski definition) is 5. The molecule has 1 heterocycles. The fraction of sp³-hybridized carbons (Fsp3) is 0.261. The van der Waals surface area contributed by atoms with Crippen molar-refractivity contribution >= 4 is 23.2 Å². The number of hydrogen-bond donors (Lipinski definition) is 2. The lowest BCUT2D eigenvalue weighted by Crippen LogP contribution is -2.09. The van der Waals surface area contributed by atoms with Crippen LogP contribution < -0.4 is 10.6 Å². The van der Waals surface area contributed by atoms with Gasteiger partial charge in [0, 0.05) is 29.4 Å². The number of anilines is 3. The Morgan fingerprint density at radius 1 is 1.00 bits per heavy atom. The van der Waals surface area contributed by atoms with Crippen LogP contribution in [0, 0.1) is 5.92 Å². The van der Waals surface area contributed by atoms with E-state index >= 15 is 0 Å². The molecule has 5 heteroatoms. The van der Waals surface area contributed by atoms with Crippen molar-refractivity contribution in [1.29, 1.82) is 0 Å². The van der Waals surface area contributed by atoms with Gasteiger partial charge in [-0.1, -0.05) is 44.2 Å². The van der Waals surface area contributed by atoms with Gasteiger partial charge in [0.05, 0.1) is 5.69 Å². The summed E-state index contributed by atoms with van der Waals surface area (Å²) in [5, 5.41) is 6.65. The molecule has 144 valence electrons. The maximum Gasteiger partial charge on any atom is 0.225 e. The van der Waals surface area contributed by atoms with E-state index in [2.05, 4.69) is 34.4 Å². The fourth-order valence-electron chi connectivity index (χ4n) is 2.76. The molecular formula is C23H26N4O. The van der Waals surface area contributed by atoms with Crippen LogP contribution >= 0.6 is 0 Å². The highest BCUT2D eigenvalue weighted by Gasteiger charge is 2.08. The van der Waals surface area contributed by atoms with Gasteiger partial charge in [0.1, 0.15) is 5.82 Å². The average Bonchev–Trinajstić information content (AvgIpc) is 2.68. The van der Waals surface area contributed by atoms with Gasteiger partial charge in [-0.05, 0) is 43.5 Å². The Kier molecular flexibility index (Phi) is 6.37. The Bertz CT molecular complexity index is 921. The van der Waals surface area contributed by atoms with Crippen LogP contribution in [0.3, 0.4) is 0 Å². The normalized spacial score (nSPS) is 10.7. The summed E-state index contributed by atoms with van der Waals surface area (Å²) in [5.41, 5.74) is 3.45. The molecule has 0 atom stereocenters. The van der Waals surface area contributed by atoms with Crippen molar-refractivity contribution < 1.29 is 4.79 Å². The van der Waals surface area contributed by atoms with Crippen LogP contribution in [0.2, 0.25) is 0 Å². The van der Waals surface area contributed by atoms with Crippen molar-refractivity contribution in [2.24, 2.45) is 5.92 Å². The predicted octanol–water partition coefficient (Wildman–Crippen LogP) is 5.55. The second-order valence-electron chi connectivity index (χ2n) is 7.20. The van der Waals surface area contributed by atoms with Crippen LogP contribution in [0.15, 0.2) is 60.7 Å². The first-order chi connectivity index (χ1) is 13.5. The maximum absolute atomic E-state index is 11.5. The Balaban J connectivity index is 1.86. The molecule has 3 aromatic rings. The molecule has 28 heavy (non-hydrogen) atoms. The molecule has 0 spiro atoms. The second kappa shape index (κ2) is 9.13. The lowest BCUT2D eigenvalue weighted by Gasteiger charge is -2.12. The molecule has 2 N–H and O–H groups in total. The average molecular weight is 374 g/mol. The minimum absolute atomic E-state index is 0.0524. The zero-order chi connectivity index (χ0) is 19.9. The van der Waals surface area contributed by atoms with E-state index in [9.17, 15) is 4.79 Å². The zero-order valence-electron chi connectivity index (χ0n) is 16.6. The van der Waals surface area contributed by atoms with Gasteiger partial charge in [-0.3, -0.25) is 4.79 Å². The van der Waals surface area contributed by atoms with Crippen LogP contribution in [0.25, 0.3) is 11.3 Å². The molecule has 0 aliphatic heterocycles. The van der Waals surface area contributed by atoms with Gasteiger partial charge >= 0.3 is 0 Å². The molecule has 0 saturated heterocycles. The summed E-state index contributed by atoms with van der Waals surface area (Å²) in [6.45, 7) is 6.78. The summed E-state index contributed by atoms with van der Waals surface area (Å²) >= 11 is 0. The number of aromatic nitrogens is 2. The summed E-state index contributed by atoms with van der Waals surface area (Å²) < 4.78 is 0. The summed E-state index contributed by atoms with van der Waals surface area (Å²) in [5.74, 6) is 1.97. The van der Waals surface area contributed by atoms with Crippen LogP contribution in [0.1, 0.15) is 37.6 Å². The molecule has 0 unspecified atom stereocenters. The van der Waals surface area contributed by atoms with E-state index in [1.807, 2.05) is 60.7 Å².